The average Bonchev–Trinajstić information content (AvgIpc) is 2.68. The van der Waals surface area contributed by atoms with Gasteiger partial charge in [-0.3, -0.25) is 4.79 Å². The molecule has 0 aliphatic rings. The molecule has 0 saturated heterocycles. The van der Waals surface area contributed by atoms with Crippen molar-refractivity contribution >= 4 is 5.78 Å². The third-order valence-electron chi connectivity index (χ3n) is 4.61. The van der Waals surface area contributed by atoms with E-state index in [1.807, 2.05) is 81.4 Å². The molecule has 0 aromatic heterocycles. The maximum absolute atomic E-state index is 12.8. The molecule has 0 spiro atoms. The highest BCUT2D eigenvalue weighted by molar-refractivity contribution is 6.09. The van der Waals surface area contributed by atoms with Crippen LogP contribution >= 0.6 is 0 Å². The number of ketones is 1. The standard InChI is InChI=1S/C27H30O3/c1-26(2,3)21-11-7-19(8-12-21)25(28)20-9-13-22(14-10-20)29-23-15-17-24(18-16-23)30-27(4,5)6/h7-18H,1-6H3. The summed E-state index contributed by atoms with van der Waals surface area (Å²) in [6, 6.07) is 22.6. The molecule has 0 fully saturated rings. The van der Waals surface area contributed by atoms with Crippen molar-refractivity contribution in [1.82, 2.24) is 0 Å². The molecular formula is C27H30O3. The minimum atomic E-state index is -0.238. The van der Waals surface area contributed by atoms with Crippen LogP contribution < -0.4 is 9.47 Å². The van der Waals surface area contributed by atoms with Crippen molar-refractivity contribution in [2.75, 3.05) is 0 Å². The zero-order valence-electron chi connectivity index (χ0n) is 18.7. The van der Waals surface area contributed by atoms with Gasteiger partial charge in [0.15, 0.2) is 5.78 Å². The maximum atomic E-state index is 12.8. The van der Waals surface area contributed by atoms with E-state index in [4.69, 9.17) is 9.47 Å². The minimum Gasteiger partial charge on any atom is -0.488 e. The Bertz CT molecular complexity index is 984. The molecule has 3 rings (SSSR count). The fourth-order valence-electron chi connectivity index (χ4n) is 3.03. The average molecular weight is 403 g/mol. The van der Waals surface area contributed by atoms with Gasteiger partial charge in [0.2, 0.25) is 0 Å². The molecule has 0 saturated carbocycles. The smallest absolute Gasteiger partial charge is 0.193 e. The monoisotopic (exact) mass is 402 g/mol. The topological polar surface area (TPSA) is 35.5 Å². The van der Waals surface area contributed by atoms with Crippen molar-refractivity contribution < 1.29 is 14.3 Å². The summed E-state index contributed by atoms with van der Waals surface area (Å²) >= 11 is 0. The van der Waals surface area contributed by atoms with E-state index in [9.17, 15) is 4.79 Å². The Kier molecular flexibility index (Phi) is 6.02. The van der Waals surface area contributed by atoms with Crippen LogP contribution in [-0.2, 0) is 5.41 Å². The van der Waals surface area contributed by atoms with Crippen molar-refractivity contribution in [3.8, 4) is 17.2 Å². The van der Waals surface area contributed by atoms with E-state index < -0.39 is 0 Å². The molecule has 0 radical (unpaired) electrons. The Labute approximate surface area is 179 Å². The first-order valence-electron chi connectivity index (χ1n) is 10.2. The predicted molar refractivity (Wildman–Crippen MR) is 122 cm³/mol. The molecule has 30 heavy (non-hydrogen) atoms. The van der Waals surface area contributed by atoms with Crippen LogP contribution in [0.1, 0.15) is 63.0 Å². The van der Waals surface area contributed by atoms with Crippen molar-refractivity contribution in [3.05, 3.63) is 89.5 Å². The van der Waals surface area contributed by atoms with Gasteiger partial charge < -0.3 is 9.47 Å². The number of ether oxygens (including phenoxy) is 2. The summed E-state index contributed by atoms with van der Waals surface area (Å²) in [4.78, 5) is 12.8. The summed E-state index contributed by atoms with van der Waals surface area (Å²) < 4.78 is 11.7. The maximum Gasteiger partial charge on any atom is 0.193 e. The summed E-state index contributed by atoms with van der Waals surface area (Å²) in [5.74, 6) is 2.20. The highest BCUT2D eigenvalue weighted by atomic mass is 16.5. The Morgan fingerprint density at radius 3 is 1.43 bits per heavy atom. The molecule has 0 N–H and O–H groups in total. The first-order chi connectivity index (χ1) is 14.0. The second-order valence-corrected chi connectivity index (χ2v) is 9.47. The summed E-state index contributed by atoms with van der Waals surface area (Å²) in [7, 11) is 0. The van der Waals surface area contributed by atoms with Crippen LogP contribution in [0.25, 0.3) is 0 Å². The third-order valence-corrected chi connectivity index (χ3v) is 4.61. The fraction of sp³-hybridized carbons (Fsp3) is 0.296. The zero-order chi connectivity index (χ0) is 21.9. The van der Waals surface area contributed by atoms with Crippen molar-refractivity contribution in [2.24, 2.45) is 0 Å². The van der Waals surface area contributed by atoms with Gasteiger partial charge >= 0.3 is 0 Å². The van der Waals surface area contributed by atoms with Gasteiger partial charge in [-0.1, -0.05) is 45.0 Å². The molecule has 3 heteroatoms. The first kappa shape index (κ1) is 21.6. The molecule has 3 aromatic rings. The zero-order valence-corrected chi connectivity index (χ0v) is 18.7. The molecule has 0 amide bonds. The quantitative estimate of drug-likeness (QED) is 0.424. The molecule has 0 aliphatic carbocycles. The Morgan fingerprint density at radius 2 is 1.00 bits per heavy atom. The summed E-state index contributed by atoms with van der Waals surface area (Å²) in [5, 5.41) is 0. The van der Waals surface area contributed by atoms with Gasteiger partial charge in [0, 0.05) is 11.1 Å². The van der Waals surface area contributed by atoms with Crippen LogP contribution in [0.2, 0.25) is 0 Å². The highest BCUT2D eigenvalue weighted by Crippen LogP contribution is 2.27. The van der Waals surface area contributed by atoms with E-state index in [2.05, 4.69) is 20.8 Å². The Hall–Kier alpha value is -3.07. The van der Waals surface area contributed by atoms with Gasteiger partial charge in [0.05, 0.1) is 0 Å². The van der Waals surface area contributed by atoms with Crippen LogP contribution in [-0.4, -0.2) is 11.4 Å². The number of benzene rings is 3. The van der Waals surface area contributed by atoms with Gasteiger partial charge in [0.1, 0.15) is 22.8 Å². The molecule has 0 aliphatic heterocycles. The fourth-order valence-corrected chi connectivity index (χ4v) is 3.03. The van der Waals surface area contributed by atoms with Crippen molar-refractivity contribution in [2.45, 2.75) is 52.6 Å². The Balaban J connectivity index is 1.66. The van der Waals surface area contributed by atoms with E-state index >= 15 is 0 Å². The molecule has 0 heterocycles. The number of hydrogen-bond acceptors (Lipinski definition) is 3. The number of rotatable bonds is 5. The van der Waals surface area contributed by atoms with Gasteiger partial charge in [-0.15, -0.1) is 0 Å². The van der Waals surface area contributed by atoms with Crippen LogP contribution in [0.3, 0.4) is 0 Å². The van der Waals surface area contributed by atoms with Gasteiger partial charge in [-0.2, -0.15) is 0 Å². The molecule has 3 nitrogen and oxygen atoms in total. The molecule has 156 valence electrons. The molecule has 0 bridgehead atoms. The lowest BCUT2D eigenvalue weighted by atomic mass is 9.86. The molecular weight excluding hydrogens is 372 g/mol. The lowest BCUT2D eigenvalue weighted by Crippen LogP contribution is -2.22. The SMILES string of the molecule is CC(C)(C)Oc1ccc(Oc2ccc(C(=O)c3ccc(C(C)(C)C)cc3)cc2)cc1. The normalized spacial score (nSPS) is 11.8. The van der Waals surface area contributed by atoms with E-state index in [-0.39, 0.29) is 16.8 Å². The van der Waals surface area contributed by atoms with Crippen LogP contribution in [0.4, 0.5) is 0 Å². The largest absolute Gasteiger partial charge is 0.488 e. The third kappa shape index (κ3) is 5.73. The number of carbonyl (C=O) groups excluding carboxylic acids is 1. The predicted octanol–water partition coefficient (Wildman–Crippen LogP) is 7.18. The van der Waals surface area contributed by atoms with E-state index in [1.165, 1.54) is 5.56 Å². The van der Waals surface area contributed by atoms with E-state index in [0.29, 0.717) is 22.6 Å². The number of carbonyl (C=O) groups is 1. The van der Waals surface area contributed by atoms with Crippen LogP contribution in [0.15, 0.2) is 72.8 Å². The second-order valence-electron chi connectivity index (χ2n) is 9.47. The highest BCUT2D eigenvalue weighted by Gasteiger charge is 2.15. The lowest BCUT2D eigenvalue weighted by molar-refractivity contribution is 0.103. The van der Waals surface area contributed by atoms with E-state index in [1.54, 1.807) is 12.1 Å². The summed E-state index contributed by atoms with van der Waals surface area (Å²) in [6.45, 7) is 12.5. The number of hydrogen-bond donors (Lipinski definition) is 0. The molecule has 0 atom stereocenters. The van der Waals surface area contributed by atoms with Crippen molar-refractivity contribution in [3.63, 3.8) is 0 Å². The minimum absolute atomic E-state index is 0.00527. The van der Waals surface area contributed by atoms with Gasteiger partial charge in [-0.25, -0.2) is 0 Å². The van der Waals surface area contributed by atoms with Gasteiger partial charge in [0.25, 0.3) is 0 Å². The summed E-state index contributed by atoms with van der Waals surface area (Å²) in [5.41, 5.74) is 2.36. The molecule has 0 unspecified atom stereocenters. The van der Waals surface area contributed by atoms with Crippen LogP contribution in [0.5, 0.6) is 17.2 Å². The molecule has 3 aromatic carbocycles. The first-order valence-corrected chi connectivity index (χ1v) is 10.2. The van der Waals surface area contributed by atoms with Crippen LogP contribution in [0, 0.1) is 0 Å². The summed E-state index contributed by atoms with van der Waals surface area (Å²) in [6.07, 6.45) is 0. The van der Waals surface area contributed by atoms with E-state index in [0.717, 1.165) is 5.75 Å². The second kappa shape index (κ2) is 8.35. The van der Waals surface area contributed by atoms with Crippen molar-refractivity contribution in [1.29, 1.82) is 0 Å². The lowest BCUT2D eigenvalue weighted by Gasteiger charge is -2.21. The Morgan fingerprint density at radius 1 is 0.600 bits per heavy atom. The van der Waals surface area contributed by atoms with Gasteiger partial charge in [-0.05, 0) is 80.3 Å².